The Kier molecular flexibility index (Phi) is 5.89. The minimum absolute atomic E-state index is 0.314. The van der Waals surface area contributed by atoms with Gasteiger partial charge in [-0.05, 0) is 50.3 Å². The first kappa shape index (κ1) is 18.0. The van der Waals surface area contributed by atoms with Gasteiger partial charge >= 0.3 is 5.97 Å². The monoisotopic (exact) mass is 359 g/mol. The number of hydrogen-bond donors (Lipinski definition) is 2. The Bertz CT molecular complexity index is 600. The molecule has 1 aromatic carbocycles. The zero-order valence-electron chi connectivity index (χ0n) is 12.8. The summed E-state index contributed by atoms with van der Waals surface area (Å²) in [5.74, 6) is -1.18. The van der Waals surface area contributed by atoms with E-state index >= 15 is 0 Å². The van der Waals surface area contributed by atoms with E-state index in [0.29, 0.717) is 22.9 Å². The molecule has 2 N–H and O–H groups in total. The van der Waals surface area contributed by atoms with Gasteiger partial charge < -0.3 is 15.2 Å². The fourth-order valence-corrected chi connectivity index (χ4v) is 2.88. The van der Waals surface area contributed by atoms with Gasteiger partial charge in [-0.15, -0.1) is 0 Å². The maximum Gasteiger partial charge on any atom is 0.338 e. The molecule has 0 spiro atoms. The van der Waals surface area contributed by atoms with E-state index in [1.54, 1.807) is 25.1 Å². The number of rotatable bonds is 5. The van der Waals surface area contributed by atoms with Gasteiger partial charge in [-0.25, -0.2) is 4.79 Å². The average molecular weight is 360 g/mol. The lowest BCUT2D eigenvalue weighted by Gasteiger charge is -2.20. The second-order valence-corrected chi connectivity index (χ2v) is 6.59. The smallest absolute Gasteiger partial charge is 0.338 e. The normalized spacial score (nSPS) is 17.6. The number of halogens is 2. The number of aliphatic hydroxyl groups is 1. The minimum atomic E-state index is -1.43. The van der Waals surface area contributed by atoms with Crippen molar-refractivity contribution in [3.05, 3.63) is 33.8 Å². The molecular formula is C16H19Cl2NO4. The Morgan fingerprint density at radius 2 is 1.96 bits per heavy atom. The van der Waals surface area contributed by atoms with Gasteiger partial charge in [0.15, 0.2) is 12.2 Å². The number of benzene rings is 1. The predicted octanol–water partition coefficient (Wildman–Crippen LogP) is 3.02. The van der Waals surface area contributed by atoms with Crippen molar-refractivity contribution in [2.75, 3.05) is 6.61 Å². The van der Waals surface area contributed by atoms with Gasteiger partial charge in [0, 0.05) is 0 Å². The lowest BCUT2D eigenvalue weighted by molar-refractivity contribution is -0.167. The average Bonchev–Trinajstić information content (AvgIpc) is 2.95. The molecule has 5 nitrogen and oxygen atoms in total. The molecule has 7 heteroatoms. The van der Waals surface area contributed by atoms with Crippen LogP contribution in [0.1, 0.15) is 44.2 Å². The van der Waals surface area contributed by atoms with Crippen molar-refractivity contribution < 1.29 is 19.4 Å². The summed E-state index contributed by atoms with van der Waals surface area (Å²) in [6.07, 6.45) is 2.33. The topological polar surface area (TPSA) is 75.6 Å². The molecule has 1 aliphatic rings. The van der Waals surface area contributed by atoms with Crippen LogP contribution in [0.15, 0.2) is 18.2 Å². The molecule has 1 saturated carbocycles. The maximum atomic E-state index is 11.9. The summed E-state index contributed by atoms with van der Waals surface area (Å²) < 4.78 is 4.92. The van der Waals surface area contributed by atoms with E-state index in [-0.39, 0.29) is 6.04 Å². The molecule has 23 heavy (non-hydrogen) atoms. The highest BCUT2D eigenvalue weighted by Gasteiger charge is 2.40. The van der Waals surface area contributed by atoms with Crippen LogP contribution >= 0.6 is 23.2 Å². The van der Waals surface area contributed by atoms with E-state index in [1.807, 2.05) is 0 Å². The summed E-state index contributed by atoms with van der Waals surface area (Å²) in [5, 5.41) is 13.6. The zero-order chi connectivity index (χ0) is 17.0. The van der Waals surface area contributed by atoms with Crippen molar-refractivity contribution in [3.63, 3.8) is 0 Å². The molecule has 0 radical (unpaired) electrons. The van der Waals surface area contributed by atoms with Crippen LogP contribution in [-0.2, 0) is 14.3 Å². The van der Waals surface area contributed by atoms with Gasteiger partial charge in [0.25, 0.3) is 5.91 Å². The lowest BCUT2D eigenvalue weighted by Crippen LogP contribution is -2.39. The Morgan fingerprint density at radius 3 is 2.57 bits per heavy atom. The molecule has 0 aromatic heterocycles. The summed E-state index contributed by atoms with van der Waals surface area (Å²) >= 11 is 11.8. The number of nitrogens with one attached hydrogen (secondary N) is 1. The molecule has 1 aliphatic carbocycles. The van der Waals surface area contributed by atoms with Crippen LogP contribution in [-0.4, -0.2) is 29.2 Å². The van der Waals surface area contributed by atoms with Crippen molar-refractivity contribution in [2.24, 2.45) is 0 Å². The highest BCUT2D eigenvalue weighted by molar-refractivity contribution is 6.42. The molecule has 0 bridgehead atoms. The van der Waals surface area contributed by atoms with Crippen molar-refractivity contribution in [3.8, 4) is 0 Å². The fourth-order valence-electron chi connectivity index (χ4n) is 2.58. The number of esters is 1. The van der Waals surface area contributed by atoms with Gasteiger partial charge in [0.2, 0.25) is 0 Å². The van der Waals surface area contributed by atoms with E-state index in [0.717, 1.165) is 18.4 Å². The first-order valence-electron chi connectivity index (χ1n) is 7.46. The van der Waals surface area contributed by atoms with Crippen LogP contribution in [0.2, 0.25) is 10.0 Å². The SMILES string of the molecule is CC(NC(=O)COC(=O)C1(O)CCCC1)c1ccc(Cl)c(Cl)c1. The van der Waals surface area contributed by atoms with Crippen LogP contribution in [0.25, 0.3) is 0 Å². The summed E-state index contributed by atoms with van der Waals surface area (Å²) in [7, 11) is 0. The third kappa shape index (κ3) is 4.59. The second-order valence-electron chi connectivity index (χ2n) is 5.78. The van der Waals surface area contributed by atoms with E-state index < -0.39 is 24.1 Å². The zero-order valence-corrected chi connectivity index (χ0v) is 14.3. The molecule has 126 valence electrons. The molecule has 0 aliphatic heterocycles. The van der Waals surface area contributed by atoms with Crippen LogP contribution in [0.3, 0.4) is 0 Å². The first-order valence-corrected chi connectivity index (χ1v) is 8.21. The van der Waals surface area contributed by atoms with Gasteiger partial charge in [0.05, 0.1) is 16.1 Å². The van der Waals surface area contributed by atoms with E-state index in [1.165, 1.54) is 0 Å². The Hall–Kier alpha value is -1.30. The molecule has 1 fully saturated rings. The summed E-state index contributed by atoms with van der Waals surface area (Å²) in [4.78, 5) is 23.7. The van der Waals surface area contributed by atoms with E-state index in [4.69, 9.17) is 27.9 Å². The number of ether oxygens (including phenoxy) is 1. The van der Waals surface area contributed by atoms with Crippen LogP contribution in [0.4, 0.5) is 0 Å². The molecule has 1 atom stereocenters. The standard InChI is InChI=1S/C16H19Cl2NO4/c1-10(11-4-5-12(17)13(18)8-11)19-14(20)9-23-15(21)16(22)6-2-3-7-16/h4-5,8,10,22H,2-3,6-7,9H2,1H3,(H,19,20). The largest absolute Gasteiger partial charge is 0.453 e. The fraction of sp³-hybridized carbons (Fsp3) is 0.500. The molecule has 2 rings (SSSR count). The van der Waals surface area contributed by atoms with Crippen molar-refractivity contribution >= 4 is 35.1 Å². The minimum Gasteiger partial charge on any atom is -0.453 e. The Labute approximate surface area is 144 Å². The summed E-state index contributed by atoms with van der Waals surface area (Å²) in [6.45, 7) is 1.36. The number of carbonyl (C=O) groups is 2. The molecule has 0 saturated heterocycles. The third-order valence-corrected chi connectivity index (χ3v) is 4.71. The third-order valence-electron chi connectivity index (χ3n) is 3.97. The summed E-state index contributed by atoms with van der Waals surface area (Å²) in [5.41, 5.74) is -0.649. The quantitative estimate of drug-likeness (QED) is 0.792. The predicted molar refractivity (Wildman–Crippen MR) is 87.4 cm³/mol. The van der Waals surface area contributed by atoms with Crippen LogP contribution < -0.4 is 5.32 Å². The maximum absolute atomic E-state index is 11.9. The van der Waals surface area contributed by atoms with Crippen molar-refractivity contribution in [1.29, 1.82) is 0 Å². The lowest BCUT2D eigenvalue weighted by atomic mass is 10.0. The number of amides is 1. The number of carbonyl (C=O) groups excluding carboxylic acids is 2. The van der Waals surface area contributed by atoms with Crippen LogP contribution in [0.5, 0.6) is 0 Å². The molecule has 1 unspecified atom stereocenters. The molecule has 1 amide bonds. The summed E-state index contributed by atoms with van der Waals surface area (Å²) in [6, 6.07) is 4.76. The highest BCUT2D eigenvalue weighted by atomic mass is 35.5. The number of hydrogen-bond acceptors (Lipinski definition) is 4. The van der Waals surface area contributed by atoms with E-state index in [9.17, 15) is 14.7 Å². The molecule has 1 aromatic rings. The van der Waals surface area contributed by atoms with E-state index in [2.05, 4.69) is 5.32 Å². The Morgan fingerprint density at radius 1 is 1.30 bits per heavy atom. The van der Waals surface area contributed by atoms with Crippen molar-refractivity contribution in [1.82, 2.24) is 5.32 Å². The highest BCUT2D eigenvalue weighted by Crippen LogP contribution is 2.30. The second kappa shape index (κ2) is 7.51. The first-order chi connectivity index (χ1) is 10.8. The van der Waals surface area contributed by atoms with Crippen LogP contribution in [0, 0.1) is 0 Å². The van der Waals surface area contributed by atoms with Gasteiger partial charge in [-0.2, -0.15) is 0 Å². The molecular weight excluding hydrogens is 341 g/mol. The van der Waals surface area contributed by atoms with Crippen molar-refractivity contribution in [2.45, 2.75) is 44.2 Å². The van der Waals surface area contributed by atoms with Gasteiger partial charge in [0.1, 0.15) is 0 Å². The molecule has 0 heterocycles. The van der Waals surface area contributed by atoms with Gasteiger partial charge in [-0.3, -0.25) is 4.79 Å². The Balaban J connectivity index is 1.84. The van der Waals surface area contributed by atoms with Gasteiger partial charge in [-0.1, -0.05) is 29.3 Å².